The summed E-state index contributed by atoms with van der Waals surface area (Å²) in [6, 6.07) is 5.01. The molecule has 1 aromatic carbocycles. The number of nitrogens with zero attached hydrogens (tertiary/aromatic N) is 1. The molecule has 1 heterocycles. The van der Waals surface area contributed by atoms with E-state index in [1.54, 1.807) is 12.1 Å². The minimum absolute atomic E-state index is 0.228. The zero-order chi connectivity index (χ0) is 11.0. The first-order valence-electron chi connectivity index (χ1n) is 4.70. The number of hydrogen-bond acceptors (Lipinski definition) is 3. The van der Waals surface area contributed by atoms with Crippen molar-refractivity contribution in [3.63, 3.8) is 0 Å². The molecule has 0 radical (unpaired) electrons. The van der Waals surface area contributed by atoms with Crippen molar-refractivity contribution in [2.24, 2.45) is 5.73 Å². The van der Waals surface area contributed by atoms with Crippen molar-refractivity contribution < 1.29 is 4.79 Å². The Hall–Kier alpha value is -1.42. The maximum Gasteiger partial charge on any atom is 0.240 e. The number of halogens is 1. The Morgan fingerprint density at radius 3 is 2.73 bits per heavy atom. The summed E-state index contributed by atoms with van der Waals surface area (Å²) in [5, 5.41) is 0.590. The first kappa shape index (κ1) is 10.1. The smallest absolute Gasteiger partial charge is 0.240 e. The van der Waals surface area contributed by atoms with Gasteiger partial charge in [-0.3, -0.25) is 4.79 Å². The van der Waals surface area contributed by atoms with Gasteiger partial charge in [-0.15, -0.1) is 0 Å². The second kappa shape index (κ2) is 3.62. The van der Waals surface area contributed by atoms with Crippen molar-refractivity contribution in [2.75, 3.05) is 17.2 Å². The molecule has 5 heteroatoms. The topological polar surface area (TPSA) is 72.4 Å². The lowest BCUT2D eigenvalue weighted by Crippen LogP contribution is -2.55. The number of hydrogen-bond donors (Lipinski definition) is 2. The lowest BCUT2D eigenvalue weighted by Gasteiger charge is -2.41. The van der Waals surface area contributed by atoms with Crippen LogP contribution in [0.2, 0.25) is 5.02 Å². The molecule has 0 aliphatic carbocycles. The minimum Gasteiger partial charge on any atom is -0.397 e. The Morgan fingerprint density at radius 2 is 2.27 bits per heavy atom. The molecule has 1 atom stereocenters. The fourth-order valence-corrected chi connectivity index (χ4v) is 1.94. The largest absolute Gasteiger partial charge is 0.397 e. The van der Waals surface area contributed by atoms with Gasteiger partial charge in [0.15, 0.2) is 0 Å². The van der Waals surface area contributed by atoms with Gasteiger partial charge in [0.25, 0.3) is 0 Å². The van der Waals surface area contributed by atoms with Gasteiger partial charge in [0.05, 0.1) is 11.4 Å². The van der Waals surface area contributed by atoms with E-state index in [1.807, 2.05) is 11.0 Å². The Bertz CT molecular complexity index is 408. The van der Waals surface area contributed by atoms with E-state index in [1.165, 1.54) is 0 Å². The highest BCUT2D eigenvalue weighted by Crippen LogP contribution is 2.32. The fourth-order valence-electron chi connectivity index (χ4n) is 1.76. The maximum absolute atomic E-state index is 11.1. The van der Waals surface area contributed by atoms with Crippen molar-refractivity contribution in [2.45, 2.75) is 12.5 Å². The summed E-state index contributed by atoms with van der Waals surface area (Å²) in [4.78, 5) is 13.0. The number of carbonyl (C=O) groups is 1. The summed E-state index contributed by atoms with van der Waals surface area (Å²) in [6.07, 6.45) is 0.789. The van der Waals surface area contributed by atoms with Gasteiger partial charge in [0.2, 0.25) is 5.91 Å². The van der Waals surface area contributed by atoms with E-state index in [4.69, 9.17) is 23.1 Å². The third-order valence-corrected chi connectivity index (χ3v) is 2.88. The quantitative estimate of drug-likeness (QED) is 0.738. The van der Waals surface area contributed by atoms with E-state index < -0.39 is 0 Å². The number of carbonyl (C=O) groups excluding carboxylic acids is 1. The van der Waals surface area contributed by atoms with Gasteiger partial charge in [0.1, 0.15) is 6.04 Å². The monoisotopic (exact) mass is 225 g/mol. The zero-order valence-electron chi connectivity index (χ0n) is 8.11. The Balaban J connectivity index is 2.27. The van der Waals surface area contributed by atoms with Crippen molar-refractivity contribution in [3.05, 3.63) is 23.2 Å². The predicted octanol–water partition coefficient (Wildman–Crippen LogP) is 0.986. The van der Waals surface area contributed by atoms with Crippen LogP contribution in [0.5, 0.6) is 0 Å². The highest BCUT2D eigenvalue weighted by Gasteiger charge is 2.33. The maximum atomic E-state index is 11.1. The van der Waals surface area contributed by atoms with E-state index in [0.717, 1.165) is 18.7 Å². The molecule has 15 heavy (non-hydrogen) atoms. The molecule has 1 saturated heterocycles. The number of benzene rings is 1. The molecule has 0 saturated carbocycles. The highest BCUT2D eigenvalue weighted by molar-refractivity contribution is 6.31. The van der Waals surface area contributed by atoms with Crippen molar-refractivity contribution in [1.82, 2.24) is 0 Å². The summed E-state index contributed by atoms with van der Waals surface area (Å²) in [5.74, 6) is -0.310. The molecule has 1 unspecified atom stereocenters. The molecule has 80 valence electrons. The van der Waals surface area contributed by atoms with Crippen molar-refractivity contribution in [1.29, 1.82) is 0 Å². The molecule has 1 aliphatic rings. The molecule has 0 spiro atoms. The molecular formula is C10H12ClN3O. The van der Waals surface area contributed by atoms with Gasteiger partial charge in [0, 0.05) is 11.6 Å². The Morgan fingerprint density at radius 1 is 1.53 bits per heavy atom. The van der Waals surface area contributed by atoms with Crippen LogP contribution in [-0.2, 0) is 4.79 Å². The molecule has 4 N–H and O–H groups in total. The standard InChI is InChI=1S/C10H12ClN3O/c11-6-1-2-8(7(12)5-6)14-4-3-9(14)10(13)15/h1-2,5,9H,3-4,12H2,(H2,13,15). The van der Waals surface area contributed by atoms with Crippen LogP contribution in [0.25, 0.3) is 0 Å². The summed E-state index contributed by atoms with van der Waals surface area (Å²) in [6.45, 7) is 0.805. The van der Waals surface area contributed by atoms with Crippen LogP contribution >= 0.6 is 11.6 Å². The second-order valence-electron chi connectivity index (χ2n) is 3.60. The number of anilines is 2. The highest BCUT2D eigenvalue weighted by atomic mass is 35.5. The summed E-state index contributed by atoms with van der Waals surface area (Å²) < 4.78 is 0. The van der Waals surface area contributed by atoms with Gasteiger partial charge < -0.3 is 16.4 Å². The molecule has 1 fully saturated rings. The molecule has 1 amide bonds. The Kier molecular flexibility index (Phi) is 2.44. The number of primary amides is 1. The minimum atomic E-state index is -0.310. The number of nitrogen functional groups attached to an aromatic ring is 1. The Labute approximate surface area is 92.8 Å². The van der Waals surface area contributed by atoms with Gasteiger partial charge in [-0.1, -0.05) is 11.6 Å². The average Bonchev–Trinajstić information content (AvgIpc) is 2.06. The summed E-state index contributed by atoms with van der Waals surface area (Å²) >= 11 is 5.79. The van der Waals surface area contributed by atoms with Gasteiger partial charge in [-0.25, -0.2) is 0 Å². The molecule has 1 aliphatic heterocycles. The second-order valence-corrected chi connectivity index (χ2v) is 4.04. The van der Waals surface area contributed by atoms with Crippen LogP contribution in [0.3, 0.4) is 0 Å². The lowest BCUT2D eigenvalue weighted by molar-refractivity contribution is -0.120. The summed E-state index contributed by atoms with van der Waals surface area (Å²) in [5.41, 5.74) is 12.5. The fraction of sp³-hybridized carbons (Fsp3) is 0.300. The van der Waals surface area contributed by atoms with E-state index in [0.29, 0.717) is 10.7 Å². The third-order valence-electron chi connectivity index (χ3n) is 2.65. The van der Waals surface area contributed by atoms with Gasteiger partial charge in [-0.2, -0.15) is 0 Å². The SMILES string of the molecule is NC(=O)C1CCN1c1ccc(Cl)cc1N. The van der Waals surface area contributed by atoms with E-state index >= 15 is 0 Å². The zero-order valence-corrected chi connectivity index (χ0v) is 8.87. The van der Waals surface area contributed by atoms with Crippen LogP contribution < -0.4 is 16.4 Å². The summed E-state index contributed by atoms with van der Waals surface area (Å²) in [7, 11) is 0. The van der Waals surface area contributed by atoms with E-state index in [2.05, 4.69) is 0 Å². The third kappa shape index (κ3) is 1.72. The molecular weight excluding hydrogens is 214 g/mol. The van der Waals surface area contributed by atoms with Crippen molar-refractivity contribution in [3.8, 4) is 0 Å². The van der Waals surface area contributed by atoms with Crippen LogP contribution in [0.15, 0.2) is 18.2 Å². The van der Waals surface area contributed by atoms with Crippen LogP contribution in [0.1, 0.15) is 6.42 Å². The number of nitrogens with two attached hydrogens (primary N) is 2. The van der Waals surface area contributed by atoms with E-state index in [9.17, 15) is 4.79 Å². The molecule has 2 rings (SSSR count). The van der Waals surface area contributed by atoms with Crippen LogP contribution in [0, 0.1) is 0 Å². The van der Waals surface area contributed by atoms with Gasteiger partial charge in [-0.05, 0) is 24.6 Å². The number of rotatable bonds is 2. The molecule has 0 aromatic heterocycles. The number of amides is 1. The molecule has 4 nitrogen and oxygen atoms in total. The van der Waals surface area contributed by atoms with Crippen molar-refractivity contribution >= 4 is 28.9 Å². The van der Waals surface area contributed by atoms with Gasteiger partial charge >= 0.3 is 0 Å². The average molecular weight is 226 g/mol. The molecule has 1 aromatic rings. The predicted molar refractivity (Wildman–Crippen MR) is 60.8 cm³/mol. The first-order chi connectivity index (χ1) is 7.09. The normalized spacial score (nSPS) is 19.8. The van der Waals surface area contributed by atoms with Crippen LogP contribution in [0.4, 0.5) is 11.4 Å². The van der Waals surface area contributed by atoms with Crippen LogP contribution in [-0.4, -0.2) is 18.5 Å². The molecule has 0 bridgehead atoms. The van der Waals surface area contributed by atoms with E-state index in [-0.39, 0.29) is 11.9 Å². The lowest BCUT2D eigenvalue weighted by atomic mass is 10.0. The first-order valence-corrected chi connectivity index (χ1v) is 5.08.